The van der Waals surface area contributed by atoms with E-state index >= 15 is 0 Å². The number of carbonyl (C=O) groups is 1. The van der Waals surface area contributed by atoms with Gasteiger partial charge in [-0.15, -0.1) is 0 Å². The molecule has 2 heterocycles. The third-order valence-corrected chi connectivity index (χ3v) is 4.00. The highest BCUT2D eigenvalue weighted by molar-refractivity contribution is 5.93. The van der Waals surface area contributed by atoms with Gasteiger partial charge in [0, 0.05) is 30.5 Å². The number of carbonyl (C=O) groups excluding carboxylic acids is 1. The van der Waals surface area contributed by atoms with Crippen molar-refractivity contribution in [3.05, 3.63) is 65.0 Å². The van der Waals surface area contributed by atoms with Gasteiger partial charge >= 0.3 is 6.18 Å². The number of hydrogen-bond donors (Lipinski definition) is 2. The summed E-state index contributed by atoms with van der Waals surface area (Å²) in [6, 6.07) is 6.52. The molecule has 3 rings (SSSR count). The maximum atomic E-state index is 13.6. The lowest BCUT2D eigenvalue weighted by molar-refractivity contribution is -0.157. The number of nitrogens with one attached hydrogen (secondary N) is 1. The van der Waals surface area contributed by atoms with Crippen molar-refractivity contribution in [2.24, 2.45) is 5.73 Å². The van der Waals surface area contributed by atoms with Gasteiger partial charge in [0.05, 0.1) is 0 Å². The molecule has 0 aliphatic carbocycles. The Labute approximate surface area is 130 Å². The van der Waals surface area contributed by atoms with Gasteiger partial charge in [0.25, 0.3) is 0 Å². The summed E-state index contributed by atoms with van der Waals surface area (Å²) in [5.41, 5.74) is 6.79. The number of alkyl halides is 3. The van der Waals surface area contributed by atoms with Gasteiger partial charge in [-0.3, -0.25) is 9.78 Å². The Hall–Kier alpha value is -2.41. The van der Waals surface area contributed by atoms with Crippen molar-refractivity contribution in [2.45, 2.75) is 24.7 Å². The van der Waals surface area contributed by atoms with Gasteiger partial charge < -0.3 is 11.1 Å². The van der Waals surface area contributed by atoms with Crippen LogP contribution in [0.25, 0.3) is 0 Å². The second-order valence-corrected chi connectivity index (χ2v) is 5.44. The Morgan fingerprint density at radius 1 is 1.35 bits per heavy atom. The van der Waals surface area contributed by atoms with Crippen molar-refractivity contribution in [1.82, 2.24) is 10.3 Å². The van der Waals surface area contributed by atoms with E-state index in [0.717, 1.165) is 0 Å². The highest BCUT2D eigenvalue weighted by Crippen LogP contribution is 2.46. The molecular weight excluding hydrogens is 307 g/mol. The molecule has 1 aromatic carbocycles. The maximum Gasteiger partial charge on any atom is 0.397 e. The number of benzene rings is 1. The van der Waals surface area contributed by atoms with Crippen LogP contribution in [0.4, 0.5) is 13.2 Å². The third-order valence-electron chi connectivity index (χ3n) is 4.00. The van der Waals surface area contributed by atoms with E-state index in [4.69, 9.17) is 5.73 Å². The number of nitrogens with two attached hydrogens (primary N) is 1. The first-order valence-electron chi connectivity index (χ1n) is 7.00. The number of fused-ring (bicyclic) bond motifs is 1. The van der Waals surface area contributed by atoms with Crippen molar-refractivity contribution in [1.29, 1.82) is 0 Å². The minimum Gasteiger partial charge on any atom is -0.366 e. The Morgan fingerprint density at radius 2 is 2.13 bits per heavy atom. The highest BCUT2D eigenvalue weighted by Gasteiger charge is 2.48. The molecule has 1 amide bonds. The Bertz CT molecular complexity index is 731. The number of nitrogens with zero attached hydrogens (tertiary/aromatic N) is 1. The van der Waals surface area contributed by atoms with Crippen LogP contribution in [0.5, 0.6) is 0 Å². The number of aromatic nitrogens is 1. The summed E-state index contributed by atoms with van der Waals surface area (Å²) in [5.74, 6) is -2.31. The summed E-state index contributed by atoms with van der Waals surface area (Å²) in [6.07, 6.45) is -1.76. The lowest BCUT2D eigenvalue weighted by Gasteiger charge is -2.27. The van der Waals surface area contributed by atoms with Gasteiger partial charge in [-0.2, -0.15) is 13.2 Å². The second-order valence-electron chi connectivity index (χ2n) is 5.44. The number of rotatable bonds is 3. The van der Waals surface area contributed by atoms with Crippen LogP contribution in [0, 0.1) is 0 Å². The normalized spacial score (nSPS) is 18.5. The monoisotopic (exact) mass is 321 g/mol. The summed E-state index contributed by atoms with van der Waals surface area (Å²) < 4.78 is 40.9. The molecule has 0 spiro atoms. The number of primary amides is 1. The van der Waals surface area contributed by atoms with Crippen LogP contribution in [0.2, 0.25) is 0 Å². The zero-order chi connectivity index (χ0) is 16.6. The smallest absolute Gasteiger partial charge is 0.366 e. The fraction of sp³-hybridized carbons (Fsp3) is 0.250. The van der Waals surface area contributed by atoms with Crippen LogP contribution < -0.4 is 11.1 Å². The van der Waals surface area contributed by atoms with Gasteiger partial charge in [-0.05, 0) is 34.9 Å². The van der Waals surface area contributed by atoms with Crippen LogP contribution in [0.1, 0.15) is 39.0 Å². The van der Waals surface area contributed by atoms with E-state index in [9.17, 15) is 18.0 Å². The second kappa shape index (κ2) is 5.66. The van der Waals surface area contributed by atoms with Gasteiger partial charge in [-0.25, -0.2) is 0 Å². The number of hydrogen-bond acceptors (Lipinski definition) is 3. The van der Waals surface area contributed by atoms with Crippen LogP contribution in [-0.2, 0) is 6.54 Å². The summed E-state index contributed by atoms with van der Waals surface area (Å²) in [6.45, 7) is 0.258. The molecule has 0 bridgehead atoms. The summed E-state index contributed by atoms with van der Waals surface area (Å²) >= 11 is 0. The molecule has 0 radical (unpaired) electrons. The van der Waals surface area contributed by atoms with Crippen LogP contribution in [-0.4, -0.2) is 17.1 Å². The number of amides is 1. The first-order chi connectivity index (χ1) is 10.9. The zero-order valence-electron chi connectivity index (χ0n) is 12.0. The predicted molar refractivity (Wildman–Crippen MR) is 77.6 cm³/mol. The van der Waals surface area contributed by atoms with Gasteiger partial charge in [0.2, 0.25) is 5.91 Å². The average Bonchev–Trinajstić information content (AvgIpc) is 2.90. The first kappa shape index (κ1) is 15.5. The van der Waals surface area contributed by atoms with E-state index in [1.54, 1.807) is 6.07 Å². The minimum absolute atomic E-state index is 0.101. The predicted octanol–water partition coefficient (Wildman–Crippen LogP) is 2.67. The molecule has 0 saturated heterocycles. The van der Waals surface area contributed by atoms with E-state index in [1.807, 2.05) is 0 Å². The van der Waals surface area contributed by atoms with E-state index in [2.05, 4.69) is 10.3 Å². The van der Waals surface area contributed by atoms with Gasteiger partial charge in [0.15, 0.2) is 0 Å². The molecule has 1 aliphatic rings. The average molecular weight is 321 g/mol. The van der Waals surface area contributed by atoms with Crippen LogP contribution in [0.3, 0.4) is 0 Å². The van der Waals surface area contributed by atoms with E-state index < -0.39 is 24.0 Å². The van der Waals surface area contributed by atoms with Gasteiger partial charge in [0.1, 0.15) is 5.92 Å². The van der Waals surface area contributed by atoms with Gasteiger partial charge in [-0.1, -0.05) is 12.1 Å². The molecule has 1 aliphatic heterocycles. The first-order valence-corrected chi connectivity index (χ1v) is 7.00. The number of halogens is 3. The Kier molecular flexibility index (Phi) is 3.81. The molecule has 0 saturated carbocycles. The fourth-order valence-corrected chi connectivity index (χ4v) is 2.97. The van der Waals surface area contributed by atoms with Crippen molar-refractivity contribution >= 4 is 5.91 Å². The molecule has 23 heavy (non-hydrogen) atoms. The van der Waals surface area contributed by atoms with Crippen molar-refractivity contribution in [3.63, 3.8) is 0 Å². The molecule has 3 N–H and O–H groups in total. The fourth-order valence-electron chi connectivity index (χ4n) is 2.97. The third kappa shape index (κ3) is 2.92. The molecule has 2 atom stereocenters. The van der Waals surface area contributed by atoms with E-state index in [1.165, 1.54) is 36.7 Å². The van der Waals surface area contributed by atoms with E-state index in [-0.39, 0.29) is 17.7 Å². The maximum absolute atomic E-state index is 13.6. The Morgan fingerprint density at radius 3 is 2.74 bits per heavy atom. The summed E-state index contributed by atoms with van der Waals surface area (Å²) in [4.78, 5) is 15.0. The van der Waals surface area contributed by atoms with Crippen LogP contribution >= 0.6 is 0 Å². The van der Waals surface area contributed by atoms with E-state index in [0.29, 0.717) is 11.1 Å². The largest absolute Gasteiger partial charge is 0.397 e. The lowest BCUT2D eigenvalue weighted by atomic mass is 9.87. The van der Waals surface area contributed by atoms with Crippen LogP contribution in [0.15, 0.2) is 42.7 Å². The summed E-state index contributed by atoms with van der Waals surface area (Å²) in [7, 11) is 0. The molecular formula is C16H14F3N3O. The minimum atomic E-state index is -4.43. The Balaban J connectivity index is 2.03. The SMILES string of the molecule is NC(=O)c1ccc2c(c1)CNC2[C@@H](c1cccnc1)C(F)(F)F. The molecule has 2 aromatic rings. The van der Waals surface area contributed by atoms with Crippen molar-refractivity contribution in [3.8, 4) is 0 Å². The molecule has 0 fully saturated rings. The molecule has 120 valence electrons. The topological polar surface area (TPSA) is 68.0 Å². The highest BCUT2D eigenvalue weighted by atomic mass is 19.4. The molecule has 1 aromatic heterocycles. The van der Waals surface area contributed by atoms with Crippen molar-refractivity contribution in [2.75, 3.05) is 0 Å². The lowest BCUT2D eigenvalue weighted by Crippen LogP contribution is -2.32. The molecule has 4 nitrogen and oxygen atoms in total. The standard InChI is InChI=1S/C16H14F3N3O/c17-16(18,19)13(10-2-1-5-21-7-10)14-12-4-3-9(15(20)23)6-11(12)8-22-14/h1-7,13-14,22H,8H2,(H2,20,23)/t13-,14?/m1/s1. The molecule has 7 heteroatoms. The van der Waals surface area contributed by atoms with Crippen molar-refractivity contribution < 1.29 is 18.0 Å². The quantitative estimate of drug-likeness (QED) is 0.913. The summed E-state index contributed by atoms with van der Waals surface area (Å²) in [5, 5.41) is 2.89. The molecule has 1 unspecified atom stereocenters. The zero-order valence-corrected chi connectivity index (χ0v) is 12.0. The number of pyridine rings is 1.